The molecule has 1 amide bonds. The number of hydrogen-bond acceptors (Lipinski definition) is 4. The Balaban J connectivity index is 2.71. The van der Waals surface area contributed by atoms with Gasteiger partial charge < -0.3 is 10.1 Å². The van der Waals surface area contributed by atoms with Crippen molar-refractivity contribution in [2.45, 2.75) is 6.92 Å². The van der Waals surface area contributed by atoms with Crippen molar-refractivity contribution in [2.75, 3.05) is 14.2 Å². The lowest BCUT2D eigenvalue weighted by Gasteiger charge is -2.02. The second-order valence-corrected chi connectivity index (χ2v) is 3.03. The van der Waals surface area contributed by atoms with E-state index in [9.17, 15) is 4.79 Å². The quantitative estimate of drug-likeness (QED) is 0.481. The fraction of sp³-hybridized carbons (Fsp3) is 0.273. The first-order valence-electron chi connectivity index (χ1n) is 4.75. The van der Waals surface area contributed by atoms with Crippen LogP contribution >= 0.6 is 0 Å². The zero-order chi connectivity index (χ0) is 12.0. The van der Waals surface area contributed by atoms with E-state index in [0.29, 0.717) is 5.71 Å². The summed E-state index contributed by atoms with van der Waals surface area (Å²) in [5.74, 6) is 0.767. The topological polar surface area (TPSA) is 59.9 Å². The number of rotatable bonds is 3. The summed E-state index contributed by atoms with van der Waals surface area (Å²) in [4.78, 5) is 15.4. The molecular weight excluding hydrogens is 208 g/mol. The third-order valence-corrected chi connectivity index (χ3v) is 1.98. The van der Waals surface area contributed by atoms with Gasteiger partial charge in [0.05, 0.1) is 12.8 Å². The van der Waals surface area contributed by atoms with Crippen molar-refractivity contribution in [2.24, 2.45) is 5.16 Å². The molecule has 0 radical (unpaired) electrons. The van der Waals surface area contributed by atoms with E-state index < -0.39 is 6.09 Å². The van der Waals surface area contributed by atoms with Crippen molar-refractivity contribution in [1.29, 1.82) is 0 Å². The van der Waals surface area contributed by atoms with E-state index >= 15 is 0 Å². The van der Waals surface area contributed by atoms with Gasteiger partial charge in [-0.1, -0.05) is 5.16 Å². The maximum absolute atomic E-state index is 10.8. The van der Waals surface area contributed by atoms with Gasteiger partial charge in [0.1, 0.15) is 5.75 Å². The highest BCUT2D eigenvalue weighted by Crippen LogP contribution is 2.11. The first-order valence-corrected chi connectivity index (χ1v) is 4.75. The third kappa shape index (κ3) is 3.27. The Hall–Kier alpha value is -2.04. The molecule has 0 fully saturated rings. The molecule has 1 rings (SSSR count). The van der Waals surface area contributed by atoms with Gasteiger partial charge >= 0.3 is 6.09 Å². The lowest BCUT2D eigenvalue weighted by molar-refractivity contribution is 0.153. The number of carbonyl (C=O) groups excluding carboxylic acids is 1. The van der Waals surface area contributed by atoms with E-state index in [1.807, 2.05) is 24.3 Å². The normalized spacial score (nSPS) is 10.8. The van der Waals surface area contributed by atoms with Gasteiger partial charge in [0.25, 0.3) is 0 Å². The number of methoxy groups -OCH3 is 1. The van der Waals surface area contributed by atoms with Gasteiger partial charge in [-0.05, 0) is 36.8 Å². The van der Waals surface area contributed by atoms with Gasteiger partial charge in [-0.2, -0.15) is 0 Å². The van der Waals surface area contributed by atoms with Gasteiger partial charge in [-0.3, -0.25) is 4.84 Å². The molecule has 86 valence electrons. The number of nitrogens with one attached hydrogen (secondary N) is 1. The van der Waals surface area contributed by atoms with Gasteiger partial charge in [0, 0.05) is 7.05 Å². The molecule has 0 atom stereocenters. The van der Waals surface area contributed by atoms with Crippen LogP contribution in [0.25, 0.3) is 0 Å². The van der Waals surface area contributed by atoms with E-state index in [1.165, 1.54) is 7.05 Å². The molecule has 16 heavy (non-hydrogen) atoms. The molecule has 0 saturated carbocycles. The van der Waals surface area contributed by atoms with Crippen molar-refractivity contribution in [3.63, 3.8) is 0 Å². The Kier molecular flexibility index (Phi) is 4.32. The summed E-state index contributed by atoms with van der Waals surface area (Å²) < 4.78 is 5.03. The number of oxime groups is 1. The third-order valence-electron chi connectivity index (χ3n) is 1.98. The minimum Gasteiger partial charge on any atom is -0.497 e. The Bertz CT molecular complexity index is 385. The van der Waals surface area contributed by atoms with Crippen molar-refractivity contribution < 1.29 is 14.4 Å². The van der Waals surface area contributed by atoms with E-state index in [2.05, 4.69) is 15.3 Å². The molecule has 0 aromatic heterocycles. The molecule has 1 aromatic rings. The summed E-state index contributed by atoms with van der Waals surface area (Å²) >= 11 is 0. The zero-order valence-electron chi connectivity index (χ0n) is 9.48. The molecule has 1 N–H and O–H groups in total. The van der Waals surface area contributed by atoms with E-state index in [4.69, 9.17) is 4.74 Å². The Morgan fingerprint density at radius 1 is 1.31 bits per heavy atom. The Morgan fingerprint density at radius 2 is 1.94 bits per heavy atom. The molecule has 0 saturated heterocycles. The fourth-order valence-corrected chi connectivity index (χ4v) is 1.04. The van der Waals surface area contributed by atoms with Crippen LogP contribution in [-0.4, -0.2) is 26.0 Å². The largest absolute Gasteiger partial charge is 0.497 e. The van der Waals surface area contributed by atoms with Gasteiger partial charge in [-0.15, -0.1) is 0 Å². The monoisotopic (exact) mass is 222 g/mol. The average Bonchev–Trinajstić information content (AvgIpc) is 2.35. The van der Waals surface area contributed by atoms with Crippen molar-refractivity contribution in [1.82, 2.24) is 5.32 Å². The molecule has 0 heterocycles. The van der Waals surface area contributed by atoms with Gasteiger partial charge in [0.2, 0.25) is 0 Å². The lowest BCUT2D eigenvalue weighted by atomic mass is 10.1. The average molecular weight is 222 g/mol. The van der Waals surface area contributed by atoms with Gasteiger partial charge in [-0.25, -0.2) is 4.79 Å². The van der Waals surface area contributed by atoms with E-state index in [1.54, 1.807) is 14.0 Å². The summed E-state index contributed by atoms with van der Waals surface area (Å²) in [5, 5.41) is 5.99. The second kappa shape index (κ2) is 5.75. The number of carbonyl (C=O) groups is 1. The molecule has 0 bridgehead atoms. The predicted octanol–water partition coefficient (Wildman–Crippen LogP) is 1.78. The first kappa shape index (κ1) is 12.0. The maximum Gasteiger partial charge on any atom is 0.433 e. The fourth-order valence-electron chi connectivity index (χ4n) is 1.04. The van der Waals surface area contributed by atoms with E-state index in [-0.39, 0.29) is 0 Å². The smallest absolute Gasteiger partial charge is 0.433 e. The summed E-state index contributed by atoms with van der Waals surface area (Å²) in [6.45, 7) is 1.75. The lowest BCUT2D eigenvalue weighted by Crippen LogP contribution is -2.17. The van der Waals surface area contributed by atoms with Crippen molar-refractivity contribution >= 4 is 11.8 Å². The minimum absolute atomic E-state index is 0.590. The molecule has 1 aromatic carbocycles. The van der Waals surface area contributed by atoms with Crippen LogP contribution in [0.5, 0.6) is 5.75 Å². The molecule has 0 spiro atoms. The van der Waals surface area contributed by atoms with Gasteiger partial charge in [0.15, 0.2) is 0 Å². The zero-order valence-corrected chi connectivity index (χ0v) is 9.48. The molecule has 5 heteroatoms. The van der Waals surface area contributed by atoms with Crippen molar-refractivity contribution in [3.05, 3.63) is 29.8 Å². The van der Waals surface area contributed by atoms with Crippen LogP contribution in [0.1, 0.15) is 12.5 Å². The molecule has 5 nitrogen and oxygen atoms in total. The second-order valence-electron chi connectivity index (χ2n) is 3.03. The van der Waals surface area contributed by atoms with E-state index in [0.717, 1.165) is 11.3 Å². The standard InChI is InChI=1S/C11H14N2O3/c1-8(13-16-11(14)12-2)9-4-6-10(15-3)7-5-9/h4-7H,1-3H3,(H,12,14)/b13-8+. The maximum atomic E-state index is 10.8. The van der Waals surface area contributed by atoms with Crippen LogP contribution in [0.4, 0.5) is 4.79 Å². The summed E-state index contributed by atoms with van der Waals surface area (Å²) in [5.41, 5.74) is 1.48. The number of nitrogens with zero attached hydrogens (tertiary/aromatic N) is 1. The highest BCUT2D eigenvalue weighted by Gasteiger charge is 2.01. The summed E-state index contributed by atoms with van der Waals surface area (Å²) in [7, 11) is 3.07. The SMILES string of the molecule is CNC(=O)O/N=C(\C)c1ccc(OC)cc1. The molecule has 0 aliphatic heterocycles. The predicted molar refractivity (Wildman–Crippen MR) is 60.7 cm³/mol. The van der Waals surface area contributed by atoms with Crippen LogP contribution in [0.3, 0.4) is 0 Å². The highest BCUT2D eigenvalue weighted by molar-refractivity contribution is 5.98. The van der Waals surface area contributed by atoms with Crippen LogP contribution in [0.15, 0.2) is 29.4 Å². The molecule has 0 aliphatic rings. The first-order chi connectivity index (χ1) is 7.67. The summed E-state index contributed by atoms with van der Waals surface area (Å²) in [6.07, 6.45) is -0.590. The Morgan fingerprint density at radius 3 is 2.44 bits per heavy atom. The van der Waals surface area contributed by atoms with Crippen LogP contribution in [0, 0.1) is 0 Å². The van der Waals surface area contributed by atoms with Crippen LogP contribution < -0.4 is 10.1 Å². The van der Waals surface area contributed by atoms with Crippen LogP contribution in [-0.2, 0) is 4.84 Å². The van der Waals surface area contributed by atoms with Crippen LogP contribution in [0.2, 0.25) is 0 Å². The summed E-state index contributed by atoms with van der Waals surface area (Å²) in [6, 6.07) is 7.30. The molecular formula is C11H14N2O3. The number of ether oxygens (including phenoxy) is 1. The highest BCUT2D eigenvalue weighted by atomic mass is 16.7. The molecule has 0 aliphatic carbocycles. The minimum atomic E-state index is -0.590. The Labute approximate surface area is 94.0 Å². The number of hydrogen-bond donors (Lipinski definition) is 1. The van der Waals surface area contributed by atoms with Crippen molar-refractivity contribution in [3.8, 4) is 5.75 Å². The number of benzene rings is 1. The molecule has 0 unspecified atom stereocenters. The number of amides is 1.